The van der Waals surface area contributed by atoms with Gasteiger partial charge in [-0.3, -0.25) is 4.98 Å². The van der Waals surface area contributed by atoms with E-state index in [-0.39, 0.29) is 12.2 Å². The predicted molar refractivity (Wildman–Crippen MR) is 75.1 cm³/mol. The van der Waals surface area contributed by atoms with E-state index in [1.54, 1.807) is 18.3 Å². The maximum atomic E-state index is 13.5. The standard InChI is InChI=1S/C17H12FN/c1-2-12-11-14(7-8-16(12)18)17-15-6-4-3-5-13(15)9-10-19-17/h1,3-11H,2H2. The van der Waals surface area contributed by atoms with Crippen LogP contribution < -0.4 is 0 Å². The summed E-state index contributed by atoms with van der Waals surface area (Å²) in [4.78, 5) is 4.42. The zero-order valence-electron chi connectivity index (χ0n) is 10.3. The summed E-state index contributed by atoms with van der Waals surface area (Å²) in [5, 5.41) is 2.17. The number of hydrogen-bond acceptors (Lipinski definition) is 1. The van der Waals surface area contributed by atoms with Gasteiger partial charge in [-0.05, 0) is 48.6 Å². The second kappa shape index (κ2) is 4.81. The van der Waals surface area contributed by atoms with E-state index in [1.165, 1.54) is 6.07 Å². The Hall–Kier alpha value is -2.22. The highest BCUT2D eigenvalue weighted by molar-refractivity contribution is 5.94. The van der Waals surface area contributed by atoms with Gasteiger partial charge in [0.25, 0.3) is 0 Å². The smallest absolute Gasteiger partial charge is 0.126 e. The SMILES string of the molecule is [CH]Cc1cc(-c2nccc3ccccc23)ccc1F. The van der Waals surface area contributed by atoms with Gasteiger partial charge in [0.2, 0.25) is 0 Å². The third-order valence-electron chi connectivity index (χ3n) is 3.21. The number of halogens is 1. The molecule has 0 aliphatic rings. The van der Waals surface area contributed by atoms with Crippen molar-refractivity contribution in [2.75, 3.05) is 0 Å². The van der Waals surface area contributed by atoms with Gasteiger partial charge >= 0.3 is 0 Å². The first-order valence-corrected chi connectivity index (χ1v) is 6.12. The predicted octanol–water partition coefficient (Wildman–Crippen LogP) is 4.29. The van der Waals surface area contributed by atoms with Crippen LogP contribution in [0.3, 0.4) is 0 Å². The molecule has 19 heavy (non-hydrogen) atoms. The second-order valence-corrected chi connectivity index (χ2v) is 4.39. The van der Waals surface area contributed by atoms with Crippen LogP contribution in [0.15, 0.2) is 54.7 Å². The Morgan fingerprint density at radius 3 is 2.74 bits per heavy atom. The summed E-state index contributed by atoms with van der Waals surface area (Å²) in [6, 6.07) is 14.9. The minimum Gasteiger partial charge on any atom is -0.256 e. The minimum atomic E-state index is -0.272. The summed E-state index contributed by atoms with van der Waals surface area (Å²) in [5.74, 6) is -0.272. The number of aromatic nitrogens is 1. The molecule has 1 aromatic heterocycles. The van der Waals surface area contributed by atoms with Crippen molar-refractivity contribution in [1.29, 1.82) is 0 Å². The Morgan fingerprint density at radius 1 is 1.05 bits per heavy atom. The lowest BCUT2D eigenvalue weighted by atomic mass is 10.0. The number of benzene rings is 2. The molecule has 0 spiro atoms. The molecule has 1 nitrogen and oxygen atoms in total. The van der Waals surface area contributed by atoms with Crippen LogP contribution in [0, 0.1) is 12.7 Å². The molecule has 0 aliphatic carbocycles. The van der Waals surface area contributed by atoms with E-state index in [0.29, 0.717) is 5.56 Å². The van der Waals surface area contributed by atoms with Crippen molar-refractivity contribution >= 4 is 10.8 Å². The fourth-order valence-electron chi connectivity index (χ4n) is 2.23. The van der Waals surface area contributed by atoms with Crippen molar-refractivity contribution in [1.82, 2.24) is 4.98 Å². The fourth-order valence-corrected chi connectivity index (χ4v) is 2.23. The molecule has 3 aromatic rings. The molecule has 2 heteroatoms. The van der Waals surface area contributed by atoms with Crippen molar-refractivity contribution in [2.24, 2.45) is 0 Å². The molecule has 0 fully saturated rings. The summed E-state index contributed by atoms with van der Waals surface area (Å²) in [6.07, 6.45) is 1.95. The van der Waals surface area contributed by atoms with Gasteiger partial charge in [0.05, 0.1) is 5.69 Å². The van der Waals surface area contributed by atoms with Crippen molar-refractivity contribution < 1.29 is 4.39 Å². The molecule has 0 N–H and O–H groups in total. The Balaban J connectivity index is 2.24. The Morgan fingerprint density at radius 2 is 1.89 bits per heavy atom. The first-order valence-electron chi connectivity index (χ1n) is 6.12. The maximum Gasteiger partial charge on any atom is 0.126 e. The lowest BCUT2D eigenvalue weighted by molar-refractivity contribution is 0.615. The van der Waals surface area contributed by atoms with Gasteiger partial charge in [-0.2, -0.15) is 0 Å². The number of fused-ring (bicyclic) bond motifs is 1. The molecule has 0 bridgehead atoms. The average molecular weight is 249 g/mol. The van der Waals surface area contributed by atoms with Crippen LogP contribution in [0.5, 0.6) is 0 Å². The molecule has 0 saturated carbocycles. The van der Waals surface area contributed by atoms with Crippen molar-refractivity contribution in [3.05, 3.63) is 73.0 Å². The summed E-state index contributed by atoms with van der Waals surface area (Å²) in [7, 11) is 0. The highest BCUT2D eigenvalue weighted by Crippen LogP contribution is 2.27. The van der Waals surface area contributed by atoms with Crippen molar-refractivity contribution in [3.63, 3.8) is 0 Å². The summed E-state index contributed by atoms with van der Waals surface area (Å²) >= 11 is 0. The monoisotopic (exact) mass is 249 g/mol. The molecule has 0 unspecified atom stereocenters. The maximum absolute atomic E-state index is 13.5. The van der Waals surface area contributed by atoms with E-state index in [4.69, 9.17) is 6.92 Å². The van der Waals surface area contributed by atoms with Gasteiger partial charge in [-0.25, -0.2) is 4.39 Å². The normalized spacial score (nSPS) is 10.8. The van der Waals surface area contributed by atoms with Crippen LogP contribution in [0.25, 0.3) is 22.0 Å². The fraction of sp³-hybridized carbons (Fsp3) is 0.0588. The van der Waals surface area contributed by atoms with Crippen molar-refractivity contribution in [3.8, 4) is 11.3 Å². The number of rotatable bonds is 2. The number of nitrogens with zero attached hydrogens (tertiary/aromatic N) is 1. The Bertz CT molecular complexity index is 729. The largest absolute Gasteiger partial charge is 0.256 e. The van der Waals surface area contributed by atoms with Crippen LogP contribution in [-0.4, -0.2) is 4.98 Å². The lowest BCUT2D eigenvalue weighted by Gasteiger charge is -2.07. The molecule has 2 radical (unpaired) electrons. The first-order chi connectivity index (χ1) is 9.29. The highest BCUT2D eigenvalue weighted by atomic mass is 19.1. The molecule has 0 amide bonds. The zero-order chi connectivity index (χ0) is 13.2. The van der Waals surface area contributed by atoms with Crippen LogP contribution in [0.4, 0.5) is 4.39 Å². The van der Waals surface area contributed by atoms with E-state index < -0.39 is 0 Å². The highest BCUT2D eigenvalue weighted by Gasteiger charge is 2.07. The number of pyridine rings is 1. The Kier molecular flexibility index (Phi) is 3.00. The van der Waals surface area contributed by atoms with Gasteiger partial charge < -0.3 is 0 Å². The molecule has 92 valence electrons. The van der Waals surface area contributed by atoms with Crippen LogP contribution in [0.1, 0.15) is 5.56 Å². The average Bonchev–Trinajstić information content (AvgIpc) is 2.47. The van der Waals surface area contributed by atoms with E-state index in [9.17, 15) is 4.39 Å². The van der Waals surface area contributed by atoms with Gasteiger partial charge in [0.1, 0.15) is 5.82 Å². The van der Waals surface area contributed by atoms with E-state index >= 15 is 0 Å². The van der Waals surface area contributed by atoms with E-state index in [2.05, 4.69) is 4.98 Å². The Labute approximate surface area is 111 Å². The van der Waals surface area contributed by atoms with Crippen LogP contribution in [0.2, 0.25) is 0 Å². The van der Waals surface area contributed by atoms with E-state index in [0.717, 1.165) is 22.0 Å². The van der Waals surface area contributed by atoms with Crippen molar-refractivity contribution in [2.45, 2.75) is 6.42 Å². The topological polar surface area (TPSA) is 12.9 Å². The van der Waals surface area contributed by atoms with Gasteiger partial charge in [0, 0.05) is 17.1 Å². The molecule has 3 rings (SSSR count). The summed E-state index contributed by atoms with van der Waals surface area (Å²) in [5.41, 5.74) is 2.25. The third-order valence-corrected chi connectivity index (χ3v) is 3.21. The van der Waals surface area contributed by atoms with Crippen LogP contribution in [-0.2, 0) is 6.42 Å². The lowest BCUT2D eigenvalue weighted by Crippen LogP contribution is -1.91. The third kappa shape index (κ3) is 2.10. The quantitative estimate of drug-likeness (QED) is 0.660. The molecule has 2 aromatic carbocycles. The first kappa shape index (κ1) is 11.8. The van der Waals surface area contributed by atoms with Gasteiger partial charge in [-0.15, -0.1) is 0 Å². The summed E-state index contributed by atoms with van der Waals surface area (Å²) < 4.78 is 13.5. The minimum absolute atomic E-state index is 0.185. The number of hydrogen-bond donors (Lipinski definition) is 0. The van der Waals surface area contributed by atoms with Crippen LogP contribution >= 0.6 is 0 Å². The zero-order valence-corrected chi connectivity index (χ0v) is 10.3. The molecule has 0 aliphatic heterocycles. The molecular formula is C17H12FN. The molecular weight excluding hydrogens is 237 g/mol. The van der Waals surface area contributed by atoms with E-state index in [1.807, 2.05) is 30.3 Å². The summed E-state index contributed by atoms with van der Waals surface area (Å²) in [6.45, 7) is 5.55. The molecule has 0 atom stereocenters. The van der Waals surface area contributed by atoms with Gasteiger partial charge in [-0.1, -0.05) is 24.3 Å². The second-order valence-electron chi connectivity index (χ2n) is 4.39. The molecule has 0 saturated heterocycles. The van der Waals surface area contributed by atoms with Gasteiger partial charge in [0.15, 0.2) is 0 Å². The molecule has 1 heterocycles.